The molecule has 0 heterocycles. The zero-order valence-electron chi connectivity index (χ0n) is 5.96. The van der Waals surface area contributed by atoms with E-state index >= 15 is 0 Å². The maximum atomic E-state index is 11.7. The molecule has 0 saturated carbocycles. The highest BCUT2D eigenvalue weighted by atomic mass is 19.4. The maximum Gasteiger partial charge on any atom is 0.420 e. The Bertz CT molecular complexity index is 89.5. The van der Waals surface area contributed by atoms with Crippen LogP contribution in [0.15, 0.2) is 0 Å². The Balaban J connectivity index is 3.81. The van der Waals surface area contributed by atoms with Crippen LogP contribution in [0.4, 0.5) is 13.2 Å². The van der Waals surface area contributed by atoms with E-state index in [1.165, 1.54) is 0 Å². The van der Waals surface area contributed by atoms with Crippen molar-refractivity contribution in [3.8, 4) is 0 Å². The fraction of sp³-hybridized carbons (Fsp3) is 0.833. The summed E-state index contributed by atoms with van der Waals surface area (Å²) in [5.41, 5.74) is 0. The zero-order chi connectivity index (χ0) is 8.20. The summed E-state index contributed by atoms with van der Waals surface area (Å²) in [7, 11) is 1.04. The molecule has 0 fully saturated rings. The van der Waals surface area contributed by atoms with E-state index in [1.54, 1.807) is 6.92 Å². The van der Waals surface area contributed by atoms with Crippen LogP contribution in [0.1, 0.15) is 19.8 Å². The van der Waals surface area contributed by atoms with Crippen LogP contribution in [0.25, 0.3) is 0 Å². The highest BCUT2D eigenvalue weighted by molar-refractivity contribution is 4.86. The number of rotatable bonds is 3. The van der Waals surface area contributed by atoms with Crippen molar-refractivity contribution in [2.24, 2.45) is 0 Å². The minimum Gasteiger partial charge on any atom is -0.366 e. The molecule has 0 unspecified atom stereocenters. The topological polar surface area (TPSA) is 9.23 Å². The lowest BCUT2D eigenvalue weighted by Crippen LogP contribution is -2.21. The van der Waals surface area contributed by atoms with Gasteiger partial charge in [-0.3, -0.25) is 0 Å². The van der Waals surface area contributed by atoms with Gasteiger partial charge < -0.3 is 4.74 Å². The Hall–Kier alpha value is -0.250. The first-order valence-electron chi connectivity index (χ1n) is 2.99. The normalized spacial score (nSPS) is 12.6. The third-order valence-corrected chi connectivity index (χ3v) is 1.04. The first-order valence-corrected chi connectivity index (χ1v) is 2.99. The van der Waals surface area contributed by atoms with Crippen LogP contribution in [0.3, 0.4) is 0 Å². The summed E-state index contributed by atoms with van der Waals surface area (Å²) in [5.74, 6) is 0. The molecule has 0 spiro atoms. The van der Waals surface area contributed by atoms with E-state index in [9.17, 15) is 13.2 Å². The molecule has 0 saturated heterocycles. The van der Waals surface area contributed by atoms with Crippen molar-refractivity contribution in [2.45, 2.75) is 25.9 Å². The van der Waals surface area contributed by atoms with E-state index in [4.69, 9.17) is 0 Å². The van der Waals surface area contributed by atoms with Gasteiger partial charge in [-0.1, -0.05) is 13.3 Å². The average molecular weight is 155 g/mol. The van der Waals surface area contributed by atoms with Gasteiger partial charge in [0.15, 0.2) is 0 Å². The van der Waals surface area contributed by atoms with Gasteiger partial charge in [-0.2, -0.15) is 13.2 Å². The van der Waals surface area contributed by atoms with Gasteiger partial charge in [-0.15, -0.1) is 0 Å². The molecule has 0 aromatic carbocycles. The van der Waals surface area contributed by atoms with Gasteiger partial charge in [-0.25, -0.2) is 0 Å². The van der Waals surface area contributed by atoms with Gasteiger partial charge in [0.05, 0.1) is 0 Å². The first kappa shape index (κ1) is 9.75. The molecule has 61 valence electrons. The Kier molecular flexibility index (Phi) is 3.71. The first-order chi connectivity index (χ1) is 4.52. The molecular formula is C6H10F3O. The Morgan fingerprint density at radius 3 is 2.00 bits per heavy atom. The third-order valence-electron chi connectivity index (χ3n) is 1.04. The van der Waals surface area contributed by atoms with E-state index in [-0.39, 0.29) is 6.42 Å². The Morgan fingerprint density at radius 2 is 1.90 bits per heavy atom. The second kappa shape index (κ2) is 3.81. The van der Waals surface area contributed by atoms with Crippen molar-refractivity contribution in [3.05, 3.63) is 6.10 Å². The predicted octanol–water partition coefficient (Wildman–Crippen LogP) is 2.53. The largest absolute Gasteiger partial charge is 0.420 e. The average Bonchev–Trinajstić information content (AvgIpc) is 1.80. The lowest BCUT2D eigenvalue weighted by Gasteiger charge is -2.15. The molecule has 0 rings (SSSR count). The molecular weight excluding hydrogens is 145 g/mol. The number of methoxy groups -OCH3 is 1. The lowest BCUT2D eigenvalue weighted by molar-refractivity contribution is -0.163. The molecule has 0 aliphatic rings. The second-order valence-corrected chi connectivity index (χ2v) is 1.88. The number of halogens is 3. The van der Waals surface area contributed by atoms with E-state index in [1.807, 2.05) is 0 Å². The third kappa shape index (κ3) is 3.06. The van der Waals surface area contributed by atoms with Crippen LogP contribution in [0, 0.1) is 6.10 Å². The monoisotopic (exact) mass is 155 g/mol. The van der Waals surface area contributed by atoms with Crippen LogP contribution in [-0.2, 0) is 4.74 Å². The molecule has 0 aliphatic heterocycles. The van der Waals surface area contributed by atoms with Gasteiger partial charge in [-0.05, 0) is 6.42 Å². The van der Waals surface area contributed by atoms with Crippen molar-refractivity contribution in [1.82, 2.24) is 0 Å². The van der Waals surface area contributed by atoms with Crippen molar-refractivity contribution in [1.29, 1.82) is 0 Å². The lowest BCUT2D eigenvalue weighted by atomic mass is 10.2. The van der Waals surface area contributed by atoms with Gasteiger partial charge in [0.1, 0.15) is 0 Å². The highest BCUT2D eigenvalue weighted by Gasteiger charge is 2.40. The van der Waals surface area contributed by atoms with Crippen molar-refractivity contribution < 1.29 is 17.9 Å². The second-order valence-electron chi connectivity index (χ2n) is 1.88. The number of ether oxygens (including phenoxy) is 1. The fourth-order valence-corrected chi connectivity index (χ4v) is 0.587. The van der Waals surface area contributed by atoms with Gasteiger partial charge >= 0.3 is 6.18 Å². The smallest absolute Gasteiger partial charge is 0.366 e. The quantitative estimate of drug-likeness (QED) is 0.608. The summed E-state index contributed by atoms with van der Waals surface area (Å²) in [5, 5.41) is 0. The van der Waals surface area contributed by atoms with E-state index in [2.05, 4.69) is 4.74 Å². The van der Waals surface area contributed by atoms with Crippen molar-refractivity contribution >= 4 is 0 Å². The summed E-state index contributed by atoms with van der Waals surface area (Å²) in [6.45, 7) is 1.67. The van der Waals surface area contributed by atoms with Crippen LogP contribution in [0.5, 0.6) is 0 Å². The zero-order valence-corrected chi connectivity index (χ0v) is 5.96. The molecule has 1 radical (unpaired) electrons. The molecule has 10 heavy (non-hydrogen) atoms. The molecule has 0 atom stereocenters. The molecule has 0 amide bonds. The molecule has 0 aliphatic carbocycles. The van der Waals surface area contributed by atoms with E-state index in [0.29, 0.717) is 6.42 Å². The summed E-state index contributed by atoms with van der Waals surface area (Å²) in [6, 6.07) is 0. The summed E-state index contributed by atoms with van der Waals surface area (Å²) in [6.07, 6.45) is -4.68. The van der Waals surface area contributed by atoms with Crippen LogP contribution in [0.2, 0.25) is 0 Å². The number of hydrogen-bond acceptors (Lipinski definition) is 1. The molecule has 0 aromatic rings. The summed E-state index contributed by atoms with van der Waals surface area (Å²) in [4.78, 5) is 0. The van der Waals surface area contributed by atoms with Crippen LogP contribution in [-0.4, -0.2) is 13.3 Å². The van der Waals surface area contributed by atoms with Crippen LogP contribution >= 0.6 is 0 Å². The maximum absolute atomic E-state index is 11.7. The van der Waals surface area contributed by atoms with E-state index < -0.39 is 12.3 Å². The standard InChI is InChI=1S/C6H10F3O/c1-3-4-5(10-2)6(7,8)9/h3-4H2,1-2H3. The van der Waals surface area contributed by atoms with E-state index in [0.717, 1.165) is 7.11 Å². The molecule has 0 aromatic heterocycles. The highest BCUT2D eigenvalue weighted by Crippen LogP contribution is 2.31. The SMILES string of the molecule is CCC[C](OC)C(F)(F)F. The Labute approximate surface area is 58.2 Å². The van der Waals surface area contributed by atoms with Crippen LogP contribution < -0.4 is 0 Å². The number of hydrogen-bond donors (Lipinski definition) is 0. The number of alkyl halides is 3. The molecule has 0 N–H and O–H groups in total. The van der Waals surface area contributed by atoms with Crippen molar-refractivity contribution in [3.63, 3.8) is 0 Å². The van der Waals surface area contributed by atoms with Crippen molar-refractivity contribution in [2.75, 3.05) is 7.11 Å². The minimum atomic E-state index is -4.29. The molecule has 1 nitrogen and oxygen atoms in total. The van der Waals surface area contributed by atoms with Gasteiger partial charge in [0.25, 0.3) is 0 Å². The minimum absolute atomic E-state index is 0.0417. The molecule has 4 heteroatoms. The predicted molar refractivity (Wildman–Crippen MR) is 31.2 cm³/mol. The summed E-state index contributed by atoms with van der Waals surface area (Å²) >= 11 is 0. The molecule has 0 bridgehead atoms. The van der Waals surface area contributed by atoms with Gasteiger partial charge in [0.2, 0.25) is 6.10 Å². The van der Waals surface area contributed by atoms with Gasteiger partial charge in [0, 0.05) is 7.11 Å². The Morgan fingerprint density at radius 1 is 1.40 bits per heavy atom. The summed E-state index contributed by atoms with van der Waals surface area (Å²) < 4.78 is 39.4. The fourth-order valence-electron chi connectivity index (χ4n) is 0.587.